The molecule has 202 valence electrons. The molecule has 0 aliphatic heterocycles. The second-order valence-corrected chi connectivity index (χ2v) is 8.52. The zero-order valence-electron chi connectivity index (χ0n) is 21.0. The summed E-state index contributed by atoms with van der Waals surface area (Å²) in [6, 6.07) is 9.20. The quantitative estimate of drug-likeness (QED) is 0.233. The van der Waals surface area contributed by atoms with Crippen LogP contribution in [-0.2, 0) is 17.4 Å². The van der Waals surface area contributed by atoms with Gasteiger partial charge in [-0.05, 0) is 49.2 Å². The molecule has 1 heterocycles. The Morgan fingerprint density at radius 1 is 1.16 bits per heavy atom. The van der Waals surface area contributed by atoms with Crippen LogP contribution < -0.4 is 26.8 Å². The number of ether oxygens (including phenoxy) is 1. The number of nitrogens with one attached hydrogen (secondary N) is 3. The molecule has 0 aliphatic rings. The topological polar surface area (TPSA) is 152 Å². The average Bonchev–Trinajstić information content (AvgIpc) is 2.88. The number of alkyl halides is 3. The van der Waals surface area contributed by atoms with Gasteiger partial charge in [0.1, 0.15) is 23.7 Å². The minimum Gasteiger partial charge on any atom is -0.495 e. The number of carbonyl (C=O) groups is 1. The summed E-state index contributed by atoms with van der Waals surface area (Å²) in [6.07, 6.45) is -1.75. The lowest BCUT2D eigenvalue weighted by molar-refractivity contribution is -0.137. The van der Waals surface area contributed by atoms with Crippen molar-refractivity contribution in [2.45, 2.75) is 38.4 Å². The van der Waals surface area contributed by atoms with E-state index in [1.807, 2.05) is 6.92 Å². The SMILES string of the molecule is CCC(CCN)Nc1ncnc(N)c1C(=N)c1ccc(NC(=O)Cc2ccc(C(F)(F)F)cc2)c(OC)c1. The lowest BCUT2D eigenvalue weighted by Gasteiger charge is -2.20. The van der Waals surface area contributed by atoms with Crippen LogP contribution in [0.15, 0.2) is 48.8 Å². The molecule has 0 aliphatic carbocycles. The summed E-state index contributed by atoms with van der Waals surface area (Å²) < 4.78 is 43.7. The standard InChI is InChI=1S/C26H30F3N7O2/c1-3-18(10-11-30)35-25-22(24(32)33-14-34-25)23(31)16-6-9-19(20(13-16)38-2)36-21(37)12-15-4-7-17(8-5-15)26(27,28)29/h4-9,13-14,18,31H,3,10-12,30H2,1-2H3,(H,36,37)(H3,32,33,34,35). The summed E-state index contributed by atoms with van der Waals surface area (Å²) in [6.45, 7) is 2.50. The first-order valence-corrected chi connectivity index (χ1v) is 11.9. The normalized spacial score (nSPS) is 12.1. The van der Waals surface area contributed by atoms with Crippen LogP contribution in [0.3, 0.4) is 0 Å². The van der Waals surface area contributed by atoms with Gasteiger partial charge < -0.3 is 26.8 Å². The third-order valence-electron chi connectivity index (χ3n) is 5.89. The number of nitrogens with zero attached hydrogens (tertiary/aromatic N) is 2. The average molecular weight is 530 g/mol. The van der Waals surface area contributed by atoms with E-state index in [0.717, 1.165) is 18.6 Å². The monoisotopic (exact) mass is 529 g/mol. The predicted molar refractivity (Wildman–Crippen MR) is 141 cm³/mol. The van der Waals surface area contributed by atoms with Gasteiger partial charge >= 0.3 is 6.18 Å². The van der Waals surface area contributed by atoms with E-state index in [9.17, 15) is 18.0 Å². The number of hydrogen-bond donors (Lipinski definition) is 5. The number of methoxy groups -OCH3 is 1. The van der Waals surface area contributed by atoms with Crippen LogP contribution in [0, 0.1) is 5.41 Å². The zero-order valence-corrected chi connectivity index (χ0v) is 21.0. The number of benzene rings is 2. The van der Waals surface area contributed by atoms with Crippen LogP contribution in [0.2, 0.25) is 0 Å². The lowest BCUT2D eigenvalue weighted by atomic mass is 10.0. The maximum atomic E-state index is 12.8. The molecular weight excluding hydrogens is 499 g/mol. The van der Waals surface area contributed by atoms with E-state index in [2.05, 4.69) is 20.6 Å². The Morgan fingerprint density at radius 3 is 2.47 bits per heavy atom. The highest BCUT2D eigenvalue weighted by Gasteiger charge is 2.30. The van der Waals surface area contributed by atoms with Crippen LogP contribution in [0.4, 0.5) is 30.5 Å². The van der Waals surface area contributed by atoms with Gasteiger partial charge in [-0.15, -0.1) is 0 Å². The van der Waals surface area contributed by atoms with E-state index in [1.165, 1.54) is 25.6 Å². The van der Waals surface area contributed by atoms with Gasteiger partial charge in [0.15, 0.2) is 0 Å². The number of hydrogen-bond acceptors (Lipinski definition) is 8. The fourth-order valence-electron chi connectivity index (χ4n) is 3.81. The van der Waals surface area contributed by atoms with Crippen molar-refractivity contribution in [2.24, 2.45) is 5.73 Å². The first kappa shape index (κ1) is 28.4. The van der Waals surface area contributed by atoms with Gasteiger partial charge in [0.25, 0.3) is 0 Å². The third kappa shape index (κ3) is 6.97. The Hall–Kier alpha value is -4.19. The molecule has 38 heavy (non-hydrogen) atoms. The molecule has 9 nitrogen and oxygen atoms in total. The first-order valence-electron chi connectivity index (χ1n) is 11.9. The number of nitrogen functional groups attached to an aromatic ring is 1. The summed E-state index contributed by atoms with van der Waals surface area (Å²) in [7, 11) is 1.42. The zero-order chi connectivity index (χ0) is 27.9. The van der Waals surface area contributed by atoms with Crippen molar-refractivity contribution in [1.82, 2.24) is 9.97 Å². The molecule has 2 aromatic carbocycles. The van der Waals surface area contributed by atoms with Crippen molar-refractivity contribution in [2.75, 3.05) is 30.0 Å². The highest BCUT2D eigenvalue weighted by molar-refractivity contribution is 6.16. The van der Waals surface area contributed by atoms with E-state index in [1.54, 1.807) is 18.2 Å². The summed E-state index contributed by atoms with van der Waals surface area (Å²) in [5, 5.41) is 14.8. The second kappa shape index (κ2) is 12.4. The van der Waals surface area contributed by atoms with Gasteiger partial charge in [-0.2, -0.15) is 13.2 Å². The van der Waals surface area contributed by atoms with E-state index >= 15 is 0 Å². The van der Waals surface area contributed by atoms with E-state index < -0.39 is 17.6 Å². The molecule has 3 aromatic rings. The van der Waals surface area contributed by atoms with Crippen molar-refractivity contribution in [3.8, 4) is 5.75 Å². The van der Waals surface area contributed by atoms with Gasteiger partial charge in [-0.25, -0.2) is 9.97 Å². The van der Waals surface area contributed by atoms with Gasteiger partial charge in [0.05, 0.1) is 36.1 Å². The van der Waals surface area contributed by atoms with Crippen LogP contribution in [-0.4, -0.2) is 41.3 Å². The molecule has 1 atom stereocenters. The highest BCUT2D eigenvalue weighted by atomic mass is 19.4. The van der Waals surface area contributed by atoms with Gasteiger partial charge in [0, 0.05) is 11.6 Å². The number of aromatic nitrogens is 2. The van der Waals surface area contributed by atoms with E-state index in [4.69, 9.17) is 21.6 Å². The minimum absolute atomic E-state index is 0.0395. The van der Waals surface area contributed by atoms with Crippen LogP contribution in [0.5, 0.6) is 5.75 Å². The molecule has 1 unspecified atom stereocenters. The molecule has 1 aromatic heterocycles. The van der Waals surface area contributed by atoms with Crippen molar-refractivity contribution in [3.05, 3.63) is 71.0 Å². The number of rotatable bonds is 11. The predicted octanol–water partition coefficient (Wildman–Crippen LogP) is 4.22. The molecule has 0 spiro atoms. The Balaban J connectivity index is 1.79. The molecule has 0 saturated heterocycles. The minimum atomic E-state index is -4.45. The third-order valence-corrected chi connectivity index (χ3v) is 5.89. The smallest absolute Gasteiger partial charge is 0.416 e. The van der Waals surface area contributed by atoms with Crippen LogP contribution in [0.1, 0.15) is 42.0 Å². The Bertz CT molecular complexity index is 1280. The summed E-state index contributed by atoms with van der Waals surface area (Å²) in [5.41, 5.74) is 12.6. The Labute approximate surface area is 218 Å². The van der Waals surface area contributed by atoms with Crippen LogP contribution in [0.25, 0.3) is 0 Å². The lowest BCUT2D eigenvalue weighted by Crippen LogP contribution is -2.25. The van der Waals surface area contributed by atoms with Crippen molar-refractivity contribution < 1.29 is 22.7 Å². The number of halogens is 3. The number of nitrogens with two attached hydrogens (primary N) is 2. The van der Waals surface area contributed by atoms with E-state index in [0.29, 0.717) is 41.2 Å². The molecule has 0 saturated carbocycles. The van der Waals surface area contributed by atoms with E-state index in [-0.39, 0.29) is 29.7 Å². The van der Waals surface area contributed by atoms with Crippen molar-refractivity contribution in [3.63, 3.8) is 0 Å². The molecule has 0 fully saturated rings. The largest absolute Gasteiger partial charge is 0.495 e. The first-order chi connectivity index (χ1) is 18.1. The maximum absolute atomic E-state index is 12.8. The summed E-state index contributed by atoms with van der Waals surface area (Å²) >= 11 is 0. The maximum Gasteiger partial charge on any atom is 0.416 e. The highest BCUT2D eigenvalue weighted by Crippen LogP contribution is 2.31. The van der Waals surface area contributed by atoms with Crippen molar-refractivity contribution >= 4 is 28.9 Å². The second-order valence-electron chi connectivity index (χ2n) is 8.52. The number of carbonyl (C=O) groups excluding carboxylic acids is 1. The molecule has 12 heteroatoms. The Morgan fingerprint density at radius 2 is 1.87 bits per heavy atom. The van der Waals surface area contributed by atoms with Gasteiger partial charge in [-0.1, -0.05) is 25.1 Å². The number of anilines is 3. The van der Waals surface area contributed by atoms with Gasteiger partial charge in [0.2, 0.25) is 5.91 Å². The molecule has 7 N–H and O–H groups in total. The molecule has 0 bridgehead atoms. The molecule has 3 rings (SSSR count). The van der Waals surface area contributed by atoms with Crippen LogP contribution >= 0.6 is 0 Å². The van der Waals surface area contributed by atoms with Crippen molar-refractivity contribution in [1.29, 1.82) is 5.41 Å². The number of amides is 1. The molecular formula is C26H30F3N7O2. The van der Waals surface area contributed by atoms with Gasteiger partial charge in [-0.3, -0.25) is 10.2 Å². The molecule has 1 amide bonds. The molecule has 0 radical (unpaired) electrons. The fourth-order valence-corrected chi connectivity index (χ4v) is 3.81. The Kier molecular flexibility index (Phi) is 9.24. The summed E-state index contributed by atoms with van der Waals surface area (Å²) in [4.78, 5) is 20.9. The summed E-state index contributed by atoms with van der Waals surface area (Å²) in [5.74, 6) is 0.384. The fraction of sp³-hybridized carbons (Fsp3) is 0.308.